The van der Waals surface area contributed by atoms with E-state index in [-0.39, 0.29) is 0 Å². The number of carbonyl (C=O) groups is 1. The van der Waals surface area contributed by atoms with Crippen LogP contribution < -0.4 is 0 Å². The molecule has 0 saturated heterocycles. The minimum absolute atomic E-state index is 0.437. The van der Waals surface area contributed by atoms with Gasteiger partial charge < -0.3 is 4.74 Å². The Morgan fingerprint density at radius 3 is 2.20 bits per heavy atom. The van der Waals surface area contributed by atoms with E-state index in [1.807, 2.05) is 20.8 Å². The molecule has 0 atom stereocenters. The van der Waals surface area contributed by atoms with Crippen LogP contribution in [0.5, 0.6) is 0 Å². The molecule has 3 nitrogen and oxygen atoms in total. The molecule has 0 heterocycles. The monoisotopic (exact) mass is 209 g/mol. The summed E-state index contributed by atoms with van der Waals surface area (Å²) in [5.41, 5.74) is 0.210. The molecule has 0 aromatic heterocycles. The van der Waals surface area contributed by atoms with Crippen molar-refractivity contribution in [2.24, 2.45) is 0 Å². The molecule has 0 unspecified atom stereocenters. The van der Waals surface area contributed by atoms with Crippen molar-refractivity contribution in [2.75, 3.05) is 0 Å². The first-order valence-corrected chi connectivity index (χ1v) is 4.76. The predicted molar refractivity (Wildman–Crippen MR) is 62.2 cm³/mol. The Kier molecular flexibility index (Phi) is 4.85. The molecule has 15 heavy (non-hydrogen) atoms. The average molecular weight is 209 g/mol. The Balaban J connectivity index is 4.70. The van der Waals surface area contributed by atoms with Crippen LogP contribution in [-0.4, -0.2) is 16.6 Å². The van der Waals surface area contributed by atoms with Gasteiger partial charge in [0.15, 0.2) is 0 Å². The number of allylic oxidation sites excluding steroid dienone is 3. The summed E-state index contributed by atoms with van der Waals surface area (Å²) in [7, 11) is 0. The van der Waals surface area contributed by atoms with Gasteiger partial charge in [0.25, 0.3) is 0 Å². The minimum Gasteiger partial charge on any atom is -0.443 e. The van der Waals surface area contributed by atoms with E-state index >= 15 is 0 Å². The maximum absolute atomic E-state index is 11.7. The van der Waals surface area contributed by atoms with Crippen LogP contribution in [0.1, 0.15) is 27.7 Å². The second-order valence-corrected chi connectivity index (χ2v) is 4.08. The first-order valence-electron chi connectivity index (χ1n) is 4.76. The summed E-state index contributed by atoms with van der Waals surface area (Å²) in [6.45, 7) is 14.4. The van der Waals surface area contributed by atoms with E-state index in [1.165, 1.54) is 11.1 Å². The molecule has 0 N–H and O–H groups in total. The van der Waals surface area contributed by atoms with Crippen molar-refractivity contribution >= 4 is 6.09 Å². The van der Waals surface area contributed by atoms with E-state index < -0.39 is 11.7 Å². The highest BCUT2D eigenvalue weighted by molar-refractivity contribution is 5.71. The largest absolute Gasteiger partial charge is 0.443 e. The molecule has 3 heteroatoms. The molecule has 0 aliphatic heterocycles. The van der Waals surface area contributed by atoms with Crippen molar-refractivity contribution in [1.29, 1.82) is 0 Å². The maximum Gasteiger partial charge on any atom is 0.418 e. The van der Waals surface area contributed by atoms with Gasteiger partial charge in [-0.15, -0.1) is 0 Å². The number of rotatable bonds is 3. The summed E-state index contributed by atoms with van der Waals surface area (Å²) in [5, 5.41) is 0. The van der Waals surface area contributed by atoms with Crippen LogP contribution in [0, 0.1) is 0 Å². The van der Waals surface area contributed by atoms with E-state index in [1.54, 1.807) is 19.1 Å². The third-order valence-electron chi connectivity index (χ3n) is 1.51. The van der Waals surface area contributed by atoms with Gasteiger partial charge in [-0.1, -0.05) is 19.2 Å². The third kappa shape index (κ3) is 5.05. The smallest absolute Gasteiger partial charge is 0.418 e. The summed E-state index contributed by atoms with van der Waals surface area (Å²) in [6.07, 6.45) is 4.30. The second kappa shape index (κ2) is 5.39. The van der Waals surface area contributed by atoms with Gasteiger partial charge in [-0.25, -0.2) is 4.79 Å². The van der Waals surface area contributed by atoms with Crippen LogP contribution in [-0.2, 0) is 4.74 Å². The van der Waals surface area contributed by atoms with E-state index in [0.717, 1.165) is 0 Å². The third-order valence-corrected chi connectivity index (χ3v) is 1.51. The van der Waals surface area contributed by atoms with E-state index in [4.69, 9.17) is 4.74 Å². The zero-order valence-electron chi connectivity index (χ0n) is 9.91. The van der Waals surface area contributed by atoms with E-state index in [2.05, 4.69) is 13.2 Å². The van der Waals surface area contributed by atoms with Crippen LogP contribution in [0.2, 0.25) is 0 Å². The second-order valence-electron chi connectivity index (χ2n) is 4.08. The molecule has 0 aliphatic carbocycles. The first kappa shape index (κ1) is 13.5. The zero-order chi connectivity index (χ0) is 12.1. The molecular formula is C12H19NO2. The number of carbonyl (C=O) groups excluding carboxylic acids is 1. The lowest BCUT2D eigenvalue weighted by Crippen LogP contribution is -2.32. The molecule has 0 spiro atoms. The number of amides is 1. The summed E-state index contributed by atoms with van der Waals surface area (Å²) in [4.78, 5) is 13.0. The Hall–Kier alpha value is -1.51. The number of nitrogens with zero attached hydrogens (tertiary/aromatic N) is 1. The quantitative estimate of drug-likeness (QED) is 0.666. The van der Waals surface area contributed by atoms with E-state index in [9.17, 15) is 4.79 Å². The van der Waals surface area contributed by atoms with Crippen LogP contribution in [0.3, 0.4) is 0 Å². The summed E-state index contributed by atoms with van der Waals surface area (Å²) in [6, 6.07) is 0. The van der Waals surface area contributed by atoms with Crippen LogP contribution in [0.15, 0.2) is 37.2 Å². The van der Waals surface area contributed by atoms with Crippen molar-refractivity contribution in [1.82, 2.24) is 4.90 Å². The summed E-state index contributed by atoms with van der Waals surface area (Å²) < 4.78 is 5.20. The highest BCUT2D eigenvalue weighted by atomic mass is 16.6. The van der Waals surface area contributed by atoms with E-state index in [0.29, 0.717) is 5.70 Å². The van der Waals surface area contributed by atoms with Crippen LogP contribution >= 0.6 is 0 Å². The molecule has 84 valence electrons. The molecular weight excluding hydrogens is 190 g/mol. The van der Waals surface area contributed by atoms with Crippen molar-refractivity contribution in [3.63, 3.8) is 0 Å². The summed E-state index contributed by atoms with van der Waals surface area (Å²) >= 11 is 0. The van der Waals surface area contributed by atoms with Crippen molar-refractivity contribution in [2.45, 2.75) is 33.3 Å². The number of hydrogen-bond donors (Lipinski definition) is 0. The zero-order valence-corrected chi connectivity index (χ0v) is 9.91. The first-order chi connectivity index (χ1) is 6.81. The predicted octanol–water partition coefficient (Wildman–Crippen LogP) is 3.46. The Morgan fingerprint density at radius 2 is 1.87 bits per heavy atom. The van der Waals surface area contributed by atoms with Gasteiger partial charge >= 0.3 is 6.09 Å². The van der Waals surface area contributed by atoms with Crippen LogP contribution in [0.25, 0.3) is 0 Å². The molecule has 0 rings (SSSR count). The fourth-order valence-corrected chi connectivity index (χ4v) is 0.924. The van der Waals surface area contributed by atoms with Crippen molar-refractivity contribution < 1.29 is 9.53 Å². The van der Waals surface area contributed by atoms with Crippen molar-refractivity contribution in [3.8, 4) is 0 Å². The van der Waals surface area contributed by atoms with Gasteiger partial charge in [0.2, 0.25) is 0 Å². The number of hydrogen-bond acceptors (Lipinski definition) is 2. The average Bonchev–Trinajstić information content (AvgIpc) is 2.02. The molecule has 0 radical (unpaired) electrons. The Labute approximate surface area is 91.7 Å². The topological polar surface area (TPSA) is 29.5 Å². The standard InChI is InChI=1S/C12H19NO2/c1-7-9-10(3)13(8-2)11(14)15-12(4,5)6/h7-9H,1-2H2,3-6H3/b10-9+. The highest BCUT2D eigenvalue weighted by Crippen LogP contribution is 2.13. The fraction of sp³-hybridized carbons (Fsp3) is 0.417. The Bertz CT molecular complexity index is 284. The van der Waals surface area contributed by atoms with Gasteiger partial charge in [0, 0.05) is 11.9 Å². The van der Waals surface area contributed by atoms with Gasteiger partial charge in [0.05, 0.1) is 0 Å². The van der Waals surface area contributed by atoms with Gasteiger partial charge in [-0.3, -0.25) is 4.90 Å². The van der Waals surface area contributed by atoms with Gasteiger partial charge in [-0.05, 0) is 33.8 Å². The normalized spacial score (nSPS) is 11.9. The minimum atomic E-state index is -0.507. The summed E-state index contributed by atoms with van der Waals surface area (Å²) in [5.74, 6) is 0. The highest BCUT2D eigenvalue weighted by Gasteiger charge is 2.20. The SMILES string of the molecule is C=C/C=C(\C)N(C=C)C(=O)OC(C)(C)C. The lowest BCUT2D eigenvalue weighted by atomic mass is 10.2. The molecule has 0 saturated carbocycles. The fourth-order valence-electron chi connectivity index (χ4n) is 0.924. The molecule has 0 fully saturated rings. The Morgan fingerprint density at radius 1 is 1.33 bits per heavy atom. The lowest BCUT2D eigenvalue weighted by molar-refractivity contribution is 0.0384. The van der Waals surface area contributed by atoms with Crippen LogP contribution in [0.4, 0.5) is 4.79 Å². The number of ether oxygens (including phenoxy) is 1. The molecule has 0 aliphatic rings. The lowest BCUT2D eigenvalue weighted by Gasteiger charge is -2.25. The van der Waals surface area contributed by atoms with Gasteiger partial charge in [0.1, 0.15) is 5.60 Å². The molecule has 0 aromatic carbocycles. The van der Waals surface area contributed by atoms with Crippen molar-refractivity contribution in [3.05, 3.63) is 37.2 Å². The molecule has 0 aromatic rings. The molecule has 0 bridgehead atoms. The molecule has 1 amide bonds. The van der Waals surface area contributed by atoms with Gasteiger partial charge in [-0.2, -0.15) is 0 Å². The maximum atomic E-state index is 11.7.